The molecule has 1 aliphatic heterocycles. The smallest absolute Gasteiger partial charge is 0.317 e. The van der Waals surface area contributed by atoms with Crippen molar-refractivity contribution in [2.75, 3.05) is 7.05 Å². The maximum absolute atomic E-state index is 12.0. The molecule has 1 fully saturated rings. The minimum absolute atomic E-state index is 0.0782. The van der Waals surface area contributed by atoms with Crippen LogP contribution in [0.2, 0.25) is 0 Å². The summed E-state index contributed by atoms with van der Waals surface area (Å²) in [6.07, 6.45) is 0.0782. The highest BCUT2D eigenvalue weighted by atomic mass is 16.2. The van der Waals surface area contributed by atoms with Crippen molar-refractivity contribution in [1.82, 2.24) is 9.80 Å². The van der Waals surface area contributed by atoms with Gasteiger partial charge < -0.3 is 4.90 Å². The minimum atomic E-state index is -0.612. The molecule has 0 aliphatic carbocycles. The Labute approximate surface area is 95.4 Å². The highest BCUT2D eigenvalue weighted by Gasteiger charge is 2.43. The van der Waals surface area contributed by atoms with Crippen LogP contribution >= 0.6 is 0 Å². The second-order valence-corrected chi connectivity index (χ2v) is 5.12. The Morgan fingerprint density at radius 2 is 1.81 bits per heavy atom. The molecule has 1 unspecified atom stereocenters. The third-order valence-electron chi connectivity index (χ3n) is 2.72. The minimum Gasteiger partial charge on any atom is -0.317 e. The predicted molar refractivity (Wildman–Crippen MR) is 58.8 cm³/mol. The number of hydrogen-bond donors (Lipinski definition) is 0. The van der Waals surface area contributed by atoms with Crippen molar-refractivity contribution < 1.29 is 14.4 Å². The maximum Gasteiger partial charge on any atom is 0.327 e. The topological polar surface area (TPSA) is 57.7 Å². The van der Waals surface area contributed by atoms with Gasteiger partial charge in [0, 0.05) is 12.6 Å². The molecule has 0 spiro atoms. The number of hydrogen-bond acceptors (Lipinski definition) is 3. The molecule has 0 bridgehead atoms. The van der Waals surface area contributed by atoms with Crippen molar-refractivity contribution in [2.45, 2.75) is 45.7 Å². The summed E-state index contributed by atoms with van der Waals surface area (Å²) in [6, 6.07) is -1.01. The monoisotopic (exact) mass is 226 g/mol. The molecule has 0 aromatic heterocycles. The van der Waals surface area contributed by atoms with Gasteiger partial charge in [0.05, 0.1) is 6.42 Å². The van der Waals surface area contributed by atoms with Gasteiger partial charge in [-0.3, -0.25) is 14.5 Å². The molecule has 1 atom stereocenters. The zero-order valence-corrected chi connectivity index (χ0v) is 10.4. The van der Waals surface area contributed by atoms with Gasteiger partial charge in [-0.15, -0.1) is 0 Å². The number of carbonyl (C=O) groups is 3. The van der Waals surface area contributed by atoms with Crippen LogP contribution in [0.4, 0.5) is 4.79 Å². The first-order valence-electron chi connectivity index (χ1n) is 5.26. The number of likely N-dealkylation sites (N-methyl/N-ethyl adjacent to an activating group) is 1. The van der Waals surface area contributed by atoms with Gasteiger partial charge in [-0.25, -0.2) is 4.79 Å². The van der Waals surface area contributed by atoms with Crippen molar-refractivity contribution >= 4 is 17.7 Å². The molecule has 1 rings (SSSR count). The molecule has 90 valence electrons. The number of amides is 3. The van der Waals surface area contributed by atoms with Crippen molar-refractivity contribution in [3.05, 3.63) is 0 Å². The SMILES string of the molecule is CC(=O)C1CC(=O)N(C(C)(C)C)C(=O)N1C. The van der Waals surface area contributed by atoms with E-state index in [9.17, 15) is 14.4 Å². The van der Waals surface area contributed by atoms with Gasteiger partial charge in [-0.2, -0.15) is 0 Å². The molecular formula is C11H18N2O3. The van der Waals surface area contributed by atoms with Crippen molar-refractivity contribution in [1.29, 1.82) is 0 Å². The van der Waals surface area contributed by atoms with Crippen LogP contribution < -0.4 is 0 Å². The van der Waals surface area contributed by atoms with E-state index in [1.807, 2.05) is 0 Å². The zero-order valence-electron chi connectivity index (χ0n) is 10.4. The Kier molecular flexibility index (Phi) is 3.08. The molecule has 5 nitrogen and oxygen atoms in total. The van der Waals surface area contributed by atoms with Crippen molar-refractivity contribution in [2.24, 2.45) is 0 Å². The summed E-state index contributed by atoms with van der Waals surface area (Å²) in [7, 11) is 1.56. The third-order valence-corrected chi connectivity index (χ3v) is 2.72. The van der Waals surface area contributed by atoms with Crippen LogP contribution in [0.3, 0.4) is 0 Å². The van der Waals surface area contributed by atoms with Gasteiger partial charge in [-0.05, 0) is 27.7 Å². The van der Waals surface area contributed by atoms with Gasteiger partial charge in [0.1, 0.15) is 6.04 Å². The number of ketones is 1. The van der Waals surface area contributed by atoms with E-state index in [1.165, 1.54) is 16.7 Å². The average molecular weight is 226 g/mol. The Hall–Kier alpha value is -1.39. The predicted octanol–water partition coefficient (Wildman–Crippen LogP) is 1.03. The highest BCUT2D eigenvalue weighted by Crippen LogP contribution is 2.24. The lowest BCUT2D eigenvalue weighted by atomic mass is 9.99. The Morgan fingerprint density at radius 1 is 1.31 bits per heavy atom. The lowest BCUT2D eigenvalue weighted by Crippen LogP contribution is -2.62. The first-order chi connectivity index (χ1) is 7.16. The highest BCUT2D eigenvalue weighted by molar-refractivity contribution is 6.02. The van der Waals surface area contributed by atoms with Crippen LogP contribution in [-0.2, 0) is 9.59 Å². The van der Waals surface area contributed by atoms with Crippen LogP contribution in [0, 0.1) is 0 Å². The van der Waals surface area contributed by atoms with Gasteiger partial charge in [-0.1, -0.05) is 0 Å². The Bertz CT molecular complexity index is 344. The molecule has 0 aromatic carbocycles. The first kappa shape index (κ1) is 12.7. The van der Waals surface area contributed by atoms with Crippen LogP contribution in [-0.4, -0.2) is 46.1 Å². The van der Waals surface area contributed by atoms with E-state index in [4.69, 9.17) is 0 Å². The number of urea groups is 1. The maximum atomic E-state index is 12.0. The van der Waals surface area contributed by atoms with E-state index >= 15 is 0 Å². The molecule has 1 saturated heterocycles. The number of Topliss-reactive ketones (excluding diaryl/α,β-unsaturated/α-hetero) is 1. The number of imide groups is 1. The second-order valence-electron chi connectivity index (χ2n) is 5.12. The van der Waals surface area contributed by atoms with Crippen LogP contribution in [0.1, 0.15) is 34.1 Å². The fraction of sp³-hybridized carbons (Fsp3) is 0.727. The van der Waals surface area contributed by atoms with E-state index in [1.54, 1.807) is 27.8 Å². The number of nitrogens with zero attached hydrogens (tertiary/aromatic N) is 2. The summed E-state index contributed by atoms with van der Waals surface area (Å²) in [5.74, 6) is -0.437. The summed E-state index contributed by atoms with van der Waals surface area (Å²) >= 11 is 0. The largest absolute Gasteiger partial charge is 0.327 e. The molecular weight excluding hydrogens is 208 g/mol. The van der Waals surface area contributed by atoms with Crippen LogP contribution in [0.5, 0.6) is 0 Å². The van der Waals surface area contributed by atoms with Gasteiger partial charge in [0.2, 0.25) is 5.91 Å². The van der Waals surface area contributed by atoms with Crippen molar-refractivity contribution in [3.8, 4) is 0 Å². The van der Waals surface area contributed by atoms with E-state index in [2.05, 4.69) is 0 Å². The van der Waals surface area contributed by atoms with Crippen LogP contribution in [0.25, 0.3) is 0 Å². The van der Waals surface area contributed by atoms with Crippen LogP contribution in [0.15, 0.2) is 0 Å². The van der Waals surface area contributed by atoms with E-state index in [-0.39, 0.29) is 18.1 Å². The molecule has 0 radical (unpaired) electrons. The zero-order chi connectivity index (χ0) is 12.7. The van der Waals surface area contributed by atoms with E-state index < -0.39 is 17.6 Å². The fourth-order valence-corrected chi connectivity index (χ4v) is 1.87. The summed E-state index contributed by atoms with van der Waals surface area (Å²) < 4.78 is 0. The number of carbonyl (C=O) groups excluding carboxylic acids is 3. The summed E-state index contributed by atoms with van der Waals surface area (Å²) in [5, 5.41) is 0. The normalized spacial score (nSPS) is 22.7. The quantitative estimate of drug-likeness (QED) is 0.671. The molecule has 0 aromatic rings. The Balaban J connectivity index is 3.02. The second kappa shape index (κ2) is 3.88. The molecule has 0 N–H and O–H groups in total. The van der Waals surface area contributed by atoms with Crippen molar-refractivity contribution in [3.63, 3.8) is 0 Å². The average Bonchev–Trinajstić information content (AvgIpc) is 2.08. The summed E-state index contributed by atoms with van der Waals surface area (Å²) in [6.45, 7) is 6.79. The molecule has 5 heteroatoms. The van der Waals surface area contributed by atoms with E-state index in [0.717, 1.165) is 0 Å². The lowest BCUT2D eigenvalue weighted by molar-refractivity contribution is -0.140. The summed E-state index contributed by atoms with van der Waals surface area (Å²) in [4.78, 5) is 37.7. The Morgan fingerprint density at radius 3 is 2.19 bits per heavy atom. The summed E-state index contributed by atoms with van der Waals surface area (Å²) in [5.41, 5.74) is -0.551. The van der Waals surface area contributed by atoms with Gasteiger partial charge in [0.15, 0.2) is 5.78 Å². The molecule has 3 amide bonds. The third kappa shape index (κ3) is 2.08. The molecule has 1 aliphatic rings. The standard InChI is InChI=1S/C11H18N2O3/c1-7(14)8-6-9(15)13(11(2,3)4)10(16)12(8)5/h8H,6H2,1-5H3. The number of rotatable bonds is 1. The lowest BCUT2D eigenvalue weighted by Gasteiger charge is -2.43. The van der Waals surface area contributed by atoms with E-state index in [0.29, 0.717) is 0 Å². The molecule has 16 heavy (non-hydrogen) atoms. The molecule has 0 saturated carbocycles. The fourth-order valence-electron chi connectivity index (χ4n) is 1.87. The van der Waals surface area contributed by atoms with Gasteiger partial charge in [0.25, 0.3) is 0 Å². The molecule has 1 heterocycles. The first-order valence-corrected chi connectivity index (χ1v) is 5.26. The van der Waals surface area contributed by atoms with Gasteiger partial charge >= 0.3 is 6.03 Å².